The minimum absolute atomic E-state index is 0.0261. The van der Waals surface area contributed by atoms with Gasteiger partial charge in [-0.05, 0) is 17.9 Å². The lowest BCUT2D eigenvalue weighted by Gasteiger charge is -2.21. The van der Waals surface area contributed by atoms with E-state index in [1.807, 2.05) is 35.0 Å². The molecule has 1 saturated carbocycles. The van der Waals surface area contributed by atoms with Crippen LogP contribution in [0.1, 0.15) is 66.6 Å². The third-order valence-corrected chi connectivity index (χ3v) is 6.19. The van der Waals surface area contributed by atoms with E-state index < -0.39 is 0 Å². The van der Waals surface area contributed by atoms with Crippen LogP contribution in [-0.4, -0.2) is 27.6 Å². The number of carbonyl (C=O) groups excluding carboxylic acids is 2. The zero-order valence-corrected chi connectivity index (χ0v) is 16.9. The molecule has 6 nitrogen and oxygen atoms in total. The number of hydrogen-bond acceptors (Lipinski definition) is 3. The van der Waals surface area contributed by atoms with Crippen molar-refractivity contribution in [2.24, 2.45) is 5.92 Å². The Balaban J connectivity index is 1.26. The molecule has 2 heterocycles. The van der Waals surface area contributed by atoms with Crippen LogP contribution in [0.3, 0.4) is 0 Å². The molecule has 154 valence electrons. The third kappa shape index (κ3) is 5.05. The topological polar surface area (TPSA) is 76.0 Å². The highest BCUT2D eigenvalue weighted by Gasteiger charge is 2.28. The molecule has 1 aromatic carbocycles. The number of nitrogens with zero attached hydrogens (tertiary/aromatic N) is 2. The molecule has 2 amide bonds. The molecule has 0 radical (unpaired) electrons. The molecule has 0 bridgehead atoms. The van der Waals surface area contributed by atoms with Gasteiger partial charge >= 0.3 is 0 Å². The summed E-state index contributed by atoms with van der Waals surface area (Å²) in [6.07, 6.45) is 10.4. The first-order valence-corrected chi connectivity index (χ1v) is 10.8. The van der Waals surface area contributed by atoms with Gasteiger partial charge in [0.15, 0.2) is 0 Å². The Bertz CT molecular complexity index is 840. The van der Waals surface area contributed by atoms with Gasteiger partial charge in [0, 0.05) is 19.4 Å². The molecule has 2 aromatic rings. The summed E-state index contributed by atoms with van der Waals surface area (Å²) in [7, 11) is 0. The van der Waals surface area contributed by atoms with Crippen LogP contribution in [0.2, 0.25) is 0 Å². The molecular formula is C23H30N4O2. The highest BCUT2D eigenvalue weighted by molar-refractivity contribution is 5.95. The Hall–Kier alpha value is -2.63. The van der Waals surface area contributed by atoms with Gasteiger partial charge in [-0.15, -0.1) is 0 Å². The standard InChI is InChI=1S/C23H30N4O2/c28-22(12-11-17-7-3-1-4-8-17)26-19-13-21-20(15-25-27(21)16-19)23(29)24-14-18-9-5-2-6-10-18/h2,5-6,9-10,15,17,19H,1,3-4,7-8,11-14,16H2,(H,24,29)(H,26,28). The zero-order chi connectivity index (χ0) is 20.1. The average molecular weight is 395 g/mol. The summed E-state index contributed by atoms with van der Waals surface area (Å²) >= 11 is 0. The molecule has 1 aromatic heterocycles. The van der Waals surface area contributed by atoms with Gasteiger partial charge < -0.3 is 10.6 Å². The summed E-state index contributed by atoms with van der Waals surface area (Å²) < 4.78 is 1.85. The van der Waals surface area contributed by atoms with Crippen LogP contribution in [0.4, 0.5) is 0 Å². The van der Waals surface area contributed by atoms with E-state index >= 15 is 0 Å². The molecule has 2 aliphatic rings. The second kappa shape index (κ2) is 9.25. The summed E-state index contributed by atoms with van der Waals surface area (Å²) in [5.74, 6) is 0.731. The van der Waals surface area contributed by atoms with Gasteiger partial charge in [0.25, 0.3) is 5.91 Å². The molecule has 1 fully saturated rings. The van der Waals surface area contributed by atoms with Crippen LogP contribution in [0.15, 0.2) is 36.5 Å². The number of aromatic nitrogens is 2. The summed E-state index contributed by atoms with van der Waals surface area (Å²) in [5.41, 5.74) is 2.58. The minimum atomic E-state index is -0.112. The largest absolute Gasteiger partial charge is 0.351 e. The van der Waals surface area contributed by atoms with E-state index in [1.54, 1.807) is 6.20 Å². The molecule has 1 atom stereocenters. The maximum atomic E-state index is 12.6. The highest BCUT2D eigenvalue weighted by atomic mass is 16.2. The quantitative estimate of drug-likeness (QED) is 0.757. The van der Waals surface area contributed by atoms with Crippen molar-refractivity contribution >= 4 is 11.8 Å². The second-order valence-electron chi connectivity index (χ2n) is 8.37. The van der Waals surface area contributed by atoms with Crippen LogP contribution in [0, 0.1) is 5.92 Å². The number of rotatable bonds is 7. The van der Waals surface area contributed by atoms with Crippen molar-refractivity contribution in [2.45, 2.75) is 70.5 Å². The van der Waals surface area contributed by atoms with Crippen LogP contribution < -0.4 is 10.6 Å². The van der Waals surface area contributed by atoms with Crippen molar-refractivity contribution in [1.29, 1.82) is 0 Å². The molecule has 29 heavy (non-hydrogen) atoms. The predicted octanol–water partition coefficient (Wildman–Crippen LogP) is 3.21. The fourth-order valence-corrected chi connectivity index (χ4v) is 4.56. The zero-order valence-electron chi connectivity index (χ0n) is 16.9. The first-order chi connectivity index (χ1) is 14.2. The molecule has 1 unspecified atom stereocenters. The lowest BCUT2D eigenvalue weighted by atomic mass is 9.86. The lowest BCUT2D eigenvalue weighted by Crippen LogP contribution is -2.36. The monoisotopic (exact) mass is 394 g/mol. The van der Waals surface area contributed by atoms with Gasteiger partial charge in [-0.25, -0.2) is 0 Å². The Morgan fingerprint density at radius 3 is 2.69 bits per heavy atom. The van der Waals surface area contributed by atoms with Crippen molar-refractivity contribution in [3.63, 3.8) is 0 Å². The molecule has 2 N–H and O–H groups in total. The van der Waals surface area contributed by atoms with Gasteiger partial charge in [0.1, 0.15) is 0 Å². The maximum absolute atomic E-state index is 12.6. The fraction of sp³-hybridized carbons (Fsp3) is 0.522. The van der Waals surface area contributed by atoms with Crippen molar-refractivity contribution in [3.05, 3.63) is 53.3 Å². The van der Waals surface area contributed by atoms with Crippen molar-refractivity contribution in [1.82, 2.24) is 20.4 Å². The van der Waals surface area contributed by atoms with Crippen molar-refractivity contribution in [3.8, 4) is 0 Å². The van der Waals surface area contributed by atoms with Gasteiger partial charge in [0.05, 0.1) is 30.0 Å². The summed E-state index contributed by atoms with van der Waals surface area (Å²) in [5, 5.41) is 10.5. The van der Waals surface area contributed by atoms with E-state index in [0.29, 0.717) is 37.4 Å². The predicted molar refractivity (Wildman–Crippen MR) is 111 cm³/mol. The lowest BCUT2D eigenvalue weighted by molar-refractivity contribution is -0.122. The smallest absolute Gasteiger partial charge is 0.255 e. The first-order valence-electron chi connectivity index (χ1n) is 10.8. The van der Waals surface area contributed by atoms with Crippen molar-refractivity contribution in [2.75, 3.05) is 0 Å². The molecule has 4 rings (SSSR count). The number of carbonyl (C=O) groups is 2. The second-order valence-corrected chi connectivity index (χ2v) is 8.37. The van der Waals surface area contributed by atoms with E-state index in [4.69, 9.17) is 0 Å². The van der Waals surface area contributed by atoms with Crippen LogP contribution >= 0.6 is 0 Å². The molecule has 6 heteroatoms. The van der Waals surface area contributed by atoms with Crippen LogP contribution in [-0.2, 0) is 24.3 Å². The van der Waals surface area contributed by atoms with Crippen LogP contribution in [0.25, 0.3) is 0 Å². The Kier molecular flexibility index (Phi) is 6.27. The van der Waals surface area contributed by atoms with Gasteiger partial charge in [-0.3, -0.25) is 14.3 Å². The van der Waals surface area contributed by atoms with E-state index in [0.717, 1.165) is 17.7 Å². The van der Waals surface area contributed by atoms with Crippen LogP contribution in [0.5, 0.6) is 0 Å². The number of nitrogens with one attached hydrogen (secondary N) is 2. The molecule has 1 aliphatic carbocycles. The minimum Gasteiger partial charge on any atom is -0.351 e. The van der Waals surface area contributed by atoms with Gasteiger partial charge in [-0.1, -0.05) is 62.4 Å². The highest BCUT2D eigenvalue weighted by Crippen LogP contribution is 2.27. The Labute approximate surface area is 172 Å². The SMILES string of the molecule is O=C(CCC1CCCCC1)NC1Cc2c(C(=O)NCc3ccccc3)cnn2C1. The van der Waals surface area contributed by atoms with Crippen molar-refractivity contribution < 1.29 is 9.59 Å². The number of fused-ring (bicyclic) bond motifs is 1. The summed E-state index contributed by atoms with van der Waals surface area (Å²) in [6.45, 7) is 1.13. The number of amides is 2. The summed E-state index contributed by atoms with van der Waals surface area (Å²) in [6, 6.07) is 9.88. The maximum Gasteiger partial charge on any atom is 0.255 e. The average Bonchev–Trinajstić information content (AvgIpc) is 3.32. The normalized spacial score (nSPS) is 19.0. The molecule has 0 spiro atoms. The molecule has 1 aliphatic heterocycles. The fourth-order valence-electron chi connectivity index (χ4n) is 4.56. The van der Waals surface area contributed by atoms with E-state index in [-0.39, 0.29) is 17.9 Å². The Morgan fingerprint density at radius 1 is 1.10 bits per heavy atom. The first kappa shape index (κ1) is 19.7. The molecular weight excluding hydrogens is 364 g/mol. The van der Waals surface area contributed by atoms with E-state index in [2.05, 4.69) is 15.7 Å². The van der Waals surface area contributed by atoms with E-state index in [1.165, 1.54) is 32.1 Å². The van der Waals surface area contributed by atoms with E-state index in [9.17, 15) is 9.59 Å². The van der Waals surface area contributed by atoms with Gasteiger partial charge in [0.2, 0.25) is 5.91 Å². The Morgan fingerprint density at radius 2 is 1.90 bits per heavy atom. The number of benzene rings is 1. The summed E-state index contributed by atoms with van der Waals surface area (Å²) in [4.78, 5) is 25.0. The number of hydrogen-bond donors (Lipinski definition) is 2. The third-order valence-electron chi connectivity index (χ3n) is 6.19. The van der Waals surface area contributed by atoms with Gasteiger partial charge in [-0.2, -0.15) is 5.10 Å². The molecule has 0 saturated heterocycles.